The minimum absolute atomic E-state index is 0.650. The third kappa shape index (κ3) is 5.14. The quantitative estimate of drug-likeness (QED) is 0.500. The van der Waals surface area contributed by atoms with E-state index in [9.17, 15) is 0 Å². The van der Waals surface area contributed by atoms with Crippen LogP contribution in [0.4, 0.5) is 5.95 Å². The Morgan fingerprint density at radius 2 is 1.80 bits per heavy atom. The molecule has 3 aromatic rings. The molecule has 3 heterocycles. The molecule has 0 bridgehead atoms. The molecule has 1 fully saturated rings. The summed E-state index contributed by atoms with van der Waals surface area (Å²) < 4.78 is 1.93. The Balaban J connectivity index is 1.38. The number of piperazine rings is 1. The zero-order valence-corrected chi connectivity index (χ0v) is 17.4. The summed E-state index contributed by atoms with van der Waals surface area (Å²) in [6.07, 6.45) is 7.37. The summed E-state index contributed by atoms with van der Waals surface area (Å²) in [6.45, 7) is 7.92. The van der Waals surface area contributed by atoms with Crippen LogP contribution in [0.1, 0.15) is 18.1 Å². The van der Waals surface area contributed by atoms with Gasteiger partial charge in [-0.15, -0.1) is 0 Å². The van der Waals surface area contributed by atoms with Crippen molar-refractivity contribution in [3.8, 4) is 0 Å². The van der Waals surface area contributed by atoms with Gasteiger partial charge in [0.25, 0.3) is 0 Å². The van der Waals surface area contributed by atoms with Crippen LogP contribution in [0.25, 0.3) is 0 Å². The normalized spacial score (nSPS) is 14.8. The highest BCUT2D eigenvalue weighted by Gasteiger charge is 2.21. The van der Waals surface area contributed by atoms with Crippen molar-refractivity contribution in [2.75, 3.05) is 37.6 Å². The van der Waals surface area contributed by atoms with E-state index in [0.717, 1.165) is 51.2 Å². The fraction of sp³-hybridized carbons (Fsp3) is 0.364. The predicted octanol–water partition coefficient (Wildman–Crippen LogP) is 2.01. The summed E-state index contributed by atoms with van der Waals surface area (Å²) in [5.41, 5.74) is 2.43. The fourth-order valence-electron chi connectivity index (χ4n) is 3.57. The van der Waals surface area contributed by atoms with E-state index in [1.165, 1.54) is 11.1 Å². The Bertz CT molecular complexity index is 931. The number of guanidine groups is 1. The molecule has 1 aliphatic rings. The summed E-state index contributed by atoms with van der Waals surface area (Å²) in [6, 6.07) is 12.4. The van der Waals surface area contributed by atoms with Gasteiger partial charge in [0.2, 0.25) is 5.95 Å². The molecule has 1 aliphatic heterocycles. The van der Waals surface area contributed by atoms with Gasteiger partial charge in [0, 0.05) is 57.5 Å². The Labute approximate surface area is 177 Å². The maximum Gasteiger partial charge on any atom is 0.225 e. The molecule has 0 aliphatic carbocycles. The number of nitrogens with one attached hydrogen (secondary N) is 1. The second-order valence-corrected chi connectivity index (χ2v) is 7.22. The van der Waals surface area contributed by atoms with Crippen molar-refractivity contribution < 1.29 is 0 Å². The molecule has 8 nitrogen and oxygen atoms in total. The van der Waals surface area contributed by atoms with Crippen molar-refractivity contribution in [1.29, 1.82) is 0 Å². The van der Waals surface area contributed by atoms with E-state index in [0.29, 0.717) is 6.54 Å². The molecule has 4 rings (SSSR count). The largest absolute Gasteiger partial charge is 0.357 e. The van der Waals surface area contributed by atoms with Crippen LogP contribution in [0.5, 0.6) is 0 Å². The number of nitrogens with zero attached hydrogens (tertiary/aromatic N) is 7. The molecule has 1 aromatic carbocycles. The highest BCUT2D eigenvalue weighted by atomic mass is 15.4. The minimum Gasteiger partial charge on any atom is -0.357 e. The molecule has 0 amide bonds. The summed E-state index contributed by atoms with van der Waals surface area (Å²) in [7, 11) is 0. The van der Waals surface area contributed by atoms with E-state index in [1.54, 1.807) is 18.6 Å². The Morgan fingerprint density at radius 3 is 2.53 bits per heavy atom. The standard InChI is InChI=1S/C22H28N8/c1-2-23-21(28-12-14-29(15-13-28)22-24-8-4-9-25-22)26-17-19-6-3-7-20(16-19)18-30-11-5-10-27-30/h3-11,16H,2,12-15,17-18H2,1H3,(H,23,26). The number of benzene rings is 1. The minimum atomic E-state index is 0.650. The molecule has 0 radical (unpaired) electrons. The van der Waals surface area contributed by atoms with Gasteiger partial charge in [0.05, 0.1) is 13.1 Å². The van der Waals surface area contributed by atoms with Gasteiger partial charge in [-0.05, 0) is 30.2 Å². The third-order valence-electron chi connectivity index (χ3n) is 5.06. The molecule has 1 N–H and O–H groups in total. The van der Waals surface area contributed by atoms with Gasteiger partial charge in [-0.25, -0.2) is 15.0 Å². The maximum absolute atomic E-state index is 4.90. The van der Waals surface area contributed by atoms with Crippen molar-refractivity contribution in [2.45, 2.75) is 20.0 Å². The van der Waals surface area contributed by atoms with E-state index >= 15 is 0 Å². The Morgan fingerprint density at radius 1 is 1.00 bits per heavy atom. The SMILES string of the molecule is CCNC(=NCc1cccc(Cn2cccn2)c1)N1CCN(c2ncccn2)CC1. The lowest BCUT2D eigenvalue weighted by Crippen LogP contribution is -2.52. The highest BCUT2D eigenvalue weighted by Crippen LogP contribution is 2.11. The molecule has 156 valence electrons. The van der Waals surface area contributed by atoms with Crippen LogP contribution >= 0.6 is 0 Å². The van der Waals surface area contributed by atoms with Gasteiger partial charge < -0.3 is 15.1 Å². The first kappa shape index (κ1) is 19.9. The van der Waals surface area contributed by atoms with Gasteiger partial charge >= 0.3 is 0 Å². The molecule has 0 saturated carbocycles. The van der Waals surface area contributed by atoms with Crippen LogP contribution in [-0.2, 0) is 13.1 Å². The smallest absolute Gasteiger partial charge is 0.225 e. The zero-order valence-electron chi connectivity index (χ0n) is 17.4. The maximum atomic E-state index is 4.90. The van der Waals surface area contributed by atoms with Gasteiger partial charge in [0.1, 0.15) is 0 Å². The monoisotopic (exact) mass is 404 g/mol. The van der Waals surface area contributed by atoms with Crippen molar-refractivity contribution >= 4 is 11.9 Å². The molecular formula is C22H28N8. The first-order valence-corrected chi connectivity index (χ1v) is 10.4. The first-order chi connectivity index (χ1) is 14.8. The number of rotatable bonds is 6. The van der Waals surface area contributed by atoms with Gasteiger partial charge in [-0.3, -0.25) is 4.68 Å². The van der Waals surface area contributed by atoms with E-state index < -0.39 is 0 Å². The number of hydrogen-bond donors (Lipinski definition) is 1. The average Bonchev–Trinajstić information content (AvgIpc) is 3.31. The molecule has 1 saturated heterocycles. The zero-order chi connectivity index (χ0) is 20.6. The first-order valence-electron chi connectivity index (χ1n) is 10.4. The van der Waals surface area contributed by atoms with E-state index in [4.69, 9.17) is 4.99 Å². The summed E-state index contributed by atoms with van der Waals surface area (Å²) in [5.74, 6) is 1.76. The number of aliphatic imine (C=N–C) groups is 1. The van der Waals surface area contributed by atoms with Gasteiger partial charge in [-0.1, -0.05) is 24.3 Å². The number of hydrogen-bond acceptors (Lipinski definition) is 5. The lowest BCUT2D eigenvalue weighted by molar-refractivity contribution is 0.370. The van der Waals surface area contributed by atoms with Crippen LogP contribution in [0.2, 0.25) is 0 Å². The molecule has 2 aromatic heterocycles. The summed E-state index contributed by atoms with van der Waals surface area (Å²) in [4.78, 5) is 18.2. The van der Waals surface area contributed by atoms with Crippen LogP contribution in [0.3, 0.4) is 0 Å². The van der Waals surface area contributed by atoms with E-state index in [1.807, 2.05) is 23.0 Å². The Hall–Kier alpha value is -3.42. The second-order valence-electron chi connectivity index (χ2n) is 7.22. The second kappa shape index (κ2) is 9.87. The van der Waals surface area contributed by atoms with Crippen molar-refractivity contribution in [3.63, 3.8) is 0 Å². The average molecular weight is 405 g/mol. The van der Waals surface area contributed by atoms with Crippen molar-refractivity contribution in [1.82, 2.24) is 30.0 Å². The van der Waals surface area contributed by atoms with Crippen molar-refractivity contribution in [2.24, 2.45) is 4.99 Å². The molecule has 30 heavy (non-hydrogen) atoms. The fourth-order valence-corrected chi connectivity index (χ4v) is 3.57. The van der Waals surface area contributed by atoms with Crippen LogP contribution in [0.15, 0.2) is 66.2 Å². The third-order valence-corrected chi connectivity index (χ3v) is 5.06. The van der Waals surface area contributed by atoms with E-state index in [-0.39, 0.29) is 0 Å². The topological polar surface area (TPSA) is 74.5 Å². The van der Waals surface area contributed by atoms with Crippen LogP contribution in [-0.4, -0.2) is 63.3 Å². The summed E-state index contributed by atoms with van der Waals surface area (Å²) in [5, 5.41) is 7.73. The number of anilines is 1. The van der Waals surface area contributed by atoms with Gasteiger partial charge in [-0.2, -0.15) is 5.10 Å². The lowest BCUT2D eigenvalue weighted by atomic mass is 10.1. The van der Waals surface area contributed by atoms with E-state index in [2.05, 4.69) is 61.4 Å². The predicted molar refractivity (Wildman–Crippen MR) is 118 cm³/mol. The summed E-state index contributed by atoms with van der Waals surface area (Å²) >= 11 is 0. The molecule has 0 atom stereocenters. The van der Waals surface area contributed by atoms with Gasteiger partial charge in [0.15, 0.2) is 5.96 Å². The van der Waals surface area contributed by atoms with Crippen LogP contribution in [0, 0.1) is 0 Å². The molecular weight excluding hydrogens is 376 g/mol. The van der Waals surface area contributed by atoms with Crippen molar-refractivity contribution in [3.05, 3.63) is 72.3 Å². The molecule has 0 unspecified atom stereocenters. The molecule has 8 heteroatoms. The highest BCUT2D eigenvalue weighted by molar-refractivity contribution is 5.80. The lowest BCUT2D eigenvalue weighted by Gasteiger charge is -2.36. The Kier molecular flexibility index (Phi) is 6.54. The molecule has 0 spiro atoms. The van der Waals surface area contributed by atoms with Crippen LogP contribution < -0.4 is 10.2 Å². The number of aromatic nitrogens is 4.